The van der Waals surface area contributed by atoms with Crippen LogP contribution in [0.25, 0.3) is 16.8 Å². The van der Waals surface area contributed by atoms with Crippen LogP contribution in [0.15, 0.2) is 36.8 Å². The van der Waals surface area contributed by atoms with Crippen molar-refractivity contribution in [3.8, 4) is 11.3 Å². The molecular formula is C12H12N6. The first-order valence-corrected chi connectivity index (χ1v) is 5.55. The fourth-order valence-corrected chi connectivity index (χ4v) is 1.74. The van der Waals surface area contributed by atoms with Gasteiger partial charge in [0.05, 0.1) is 17.4 Å². The highest BCUT2D eigenvalue weighted by Gasteiger charge is 2.09. The van der Waals surface area contributed by atoms with Crippen molar-refractivity contribution in [1.29, 1.82) is 0 Å². The minimum Gasteiger partial charge on any atom is -0.347 e. The van der Waals surface area contributed by atoms with E-state index in [0.29, 0.717) is 5.95 Å². The quantitative estimate of drug-likeness (QED) is 0.674. The van der Waals surface area contributed by atoms with Crippen molar-refractivity contribution in [3.63, 3.8) is 0 Å². The Hall–Kier alpha value is -2.50. The number of aromatic nitrogens is 5. The van der Waals surface area contributed by atoms with Crippen LogP contribution in [0.3, 0.4) is 0 Å². The minimum absolute atomic E-state index is 0.677. The lowest BCUT2D eigenvalue weighted by Gasteiger charge is -2.10. The van der Waals surface area contributed by atoms with E-state index in [1.54, 1.807) is 23.2 Å². The maximum absolute atomic E-state index is 4.50. The largest absolute Gasteiger partial charge is 0.347 e. The molecule has 0 atom stereocenters. The van der Waals surface area contributed by atoms with Crippen LogP contribution in [0.4, 0.5) is 5.95 Å². The van der Waals surface area contributed by atoms with Gasteiger partial charge in [-0.3, -0.25) is 0 Å². The third-order valence-corrected chi connectivity index (χ3v) is 2.62. The molecule has 0 spiro atoms. The summed E-state index contributed by atoms with van der Waals surface area (Å²) in [5.74, 6) is 0.677. The first-order chi connectivity index (χ1) is 8.75. The Balaban J connectivity index is 2.17. The van der Waals surface area contributed by atoms with Gasteiger partial charge in [0.25, 0.3) is 0 Å². The van der Waals surface area contributed by atoms with Crippen LogP contribution in [0.5, 0.6) is 0 Å². The van der Waals surface area contributed by atoms with Gasteiger partial charge < -0.3 is 4.90 Å². The zero-order valence-electron chi connectivity index (χ0n) is 10.1. The molecule has 90 valence electrons. The van der Waals surface area contributed by atoms with E-state index in [9.17, 15) is 0 Å². The summed E-state index contributed by atoms with van der Waals surface area (Å²) in [6.07, 6.45) is 5.22. The van der Waals surface area contributed by atoms with Crippen LogP contribution in [0, 0.1) is 0 Å². The summed E-state index contributed by atoms with van der Waals surface area (Å²) < 4.78 is 1.59. The van der Waals surface area contributed by atoms with Crippen LogP contribution in [0.2, 0.25) is 0 Å². The van der Waals surface area contributed by atoms with Crippen LogP contribution < -0.4 is 4.90 Å². The highest BCUT2D eigenvalue weighted by atomic mass is 15.4. The second-order valence-corrected chi connectivity index (χ2v) is 4.09. The zero-order valence-corrected chi connectivity index (χ0v) is 10.1. The lowest BCUT2D eigenvalue weighted by atomic mass is 10.2. The first kappa shape index (κ1) is 10.6. The summed E-state index contributed by atoms with van der Waals surface area (Å²) >= 11 is 0. The van der Waals surface area contributed by atoms with Crippen molar-refractivity contribution in [1.82, 2.24) is 24.8 Å². The van der Waals surface area contributed by atoms with Crippen molar-refractivity contribution >= 4 is 11.5 Å². The Morgan fingerprint density at radius 3 is 2.83 bits per heavy atom. The van der Waals surface area contributed by atoms with Crippen molar-refractivity contribution < 1.29 is 0 Å². The highest BCUT2D eigenvalue weighted by Crippen LogP contribution is 2.22. The molecule has 0 N–H and O–H groups in total. The average Bonchev–Trinajstić information content (AvgIpc) is 2.82. The molecule has 0 bridgehead atoms. The van der Waals surface area contributed by atoms with Gasteiger partial charge in [-0.15, -0.1) is 0 Å². The maximum Gasteiger partial charge on any atom is 0.225 e. The number of hydrogen-bond donors (Lipinski definition) is 0. The Morgan fingerprint density at radius 1 is 1.11 bits per heavy atom. The number of nitrogens with zero attached hydrogens (tertiary/aromatic N) is 6. The van der Waals surface area contributed by atoms with E-state index in [-0.39, 0.29) is 0 Å². The van der Waals surface area contributed by atoms with E-state index in [1.807, 2.05) is 37.2 Å². The van der Waals surface area contributed by atoms with Gasteiger partial charge >= 0.3 is 0 Å². The molecule has 6 heteroatoms. The van der Waals surface area contributed by atoms with E-state index in [1.165, 1.54) is 0 Å². The Labute approximate surface area is 104 Å². The van der Waals surface area contributed by atoms with Crippen molar-refractivity contribution in [2.24, 2.45) is 0 Å². The predicted molar refractivity (Wildman–Crippen MR) is 68.3 cm³/mol. The van der Waals surface area contributed by atoms with Crippen LogP contribution in [-0.4, -0.2) is 38.9 Å². The molecule has 18 heavy (non-hydrogen) atoms. The molecule has 0 aliphatic rings. The Morgan fingerprint density at radius 2 is 2.00 bits per heavy atom. The molecule has 0 aromatic carbocycles. The van der Waals surface area contributed by atoms with Crippen LogP contribution in [-0.2, 0) is 0 Å². The smallest absolute Gasteiger partial charge is 0.225 e. The predicted octanol–water partition coefficient (Wildman–Crippen LogP) is 1.25. The van der Waals surface area contributed by atoms with Gasteiger partial charge in [0.15, 0.2) is 0 Å². The average molecular weight is 240 g/mol. The molecule has 0 aliphatic carbocycles. The van der Waals surface area contributed by atoms with Crippen molar-refractivity contribution in [3.05, 3.63) is 36.8 Å². The summed E-state index contributed by atoms with van der Waals surface area (Å²) in [7, 11) is 3.83. The monoisotopic (exact) mass is 240 g/mol. The molecule has 0 amide bonds. The molecule has 0 fully saturated rings. The van der Waals surface area contributed by atoms with E-state index in [0.717, 1.165) is 16.8 Å². The van der Waals surface area contributed by atoms with Gasteiger partial charge in [0, 0.05) is 32.1 Å². The van der Waals surface area contributed by atoms with Crippen LogP contribution >= 0.6 is 0 Å². The van der Waals surface area contributed by atoms with Gasteiger partial charge in [-0.1, -0.05) is 0 Å². The van der Waals surface area contributed by atoms with E-state index in [2.05, 4.69) is 20.2 Å². The number of rotatable bonds is 2. The fraction of sp³-hybridized carbons (Fsp3) is 0.167. The molecule has 3 aromatic heterocycles. The van der Waals surface area contributed by atoms with Crippen molar-refractivity contribution in [2.45, 2.75) is 0 Å². The third kappa shape index (κ3) is 1.67. The summed E-state index contributed by atoms with van der Waals surface area (Å²) in [6.45, 7) is 0. The first-order valence-electron chi connectivity index (χ1n) is 5.55. The molecule has 3 heterocycles. The molecule has 0 saturated heterocycles. The van der Waals surface area contributed by atoms with Gasteiger partial charge in [-0.2, -0.15) is 14.8 Å². The second-order valence-electron chi connectivity index (χ2n) is 4.09. The standard InChI is InChI=1S/C12H12N6/c1-17(2)12-13-7-5-10(16-12)9-8-15-18-11(9)4-3-6-14-18/h3-8H,1-2H3. The SMILES string of the molecule is CN(C)c1nccc(-c2cnn3ncccc23)n1. The van der Waals surface area contributed by atoms with Gasteiger partial charge in [0.1, 0.15) is 0 Å². The lowest BCUT2D eigenvalue weighted by Crippen LogP contribution is -2.12. The maximum atomic E-state index is 4.50. The molecule has 0 aliphatic heterocycles. The van der Waals surface area contributed by atoms with Gasteiger partial charge in [0.2, 0.25) is 5.95 Å². The molecular weight excluding hydrogens is 228 g/mol. The van der Waals surface area contributed by atoms with Gasteiger partial charge in [-0.05, 0) is 18.2 Å². The Kier molecular flexibility index (Phi) is 2.40. The molecule has 0 unspecified atom stereocenters. The van der Waals surface area contributed by atoms with E-state index in [4.69, 9.17) is 0 Å². The third-order valence-electron chi connectivity index (χ3n) is 2.62. The summed E-state index contributed by atoms with van der Waals surface area (Å²) in [6, 6.07) is 5.72. The number of fused-ring (bicyclic) bond motifs is 1. The molecule has 3 aromatic rings. The van der Waals surface area contributed by atoms with E-state index >= 15 is 0 Å². The topological polar surface area (TPSA) is 59.2 Å². The number of anilines is 1. The summed E-state index contributed by atoms with van der Waals surface area (Å²) in [4.78, 5) is 10.6. The fourth-order valence-electron chi connectivity index (χ4n) is 1.74. The number of hydrogen-bond acceptors (Lipinski definition) is 5. The molecule has 3 rings (SSSR count). The van der Waals surface area contributed by atoms with Crippen molar-refractivity contribution in [2.75, 3.05) is 19.0 Å². The van der Waals surface area contributed by atoms with E-state index < -0.39 is 0 Å². The molecule has 0 saturated carbocycles. The minimum atomic E-state index is 0.677. The van der Waals surface area contributed by atoms with Gasteiger partial charge in [-0.25, -0.2) is 9.97 Å². The van der Waals surface area contributed by atoms with Crippen LogP contribution in [0.1, 0.15) is 0 Å². The molecule has 6 nitrogen and oxygen atoms in total. The normalized spacial score (nSPS) is 10.8. The highest BCUT2D eigenvalue weighted by molar-refractivity contribution is 5.77. The summed E-state index contributed by atoms with van der Waals surface area (Å²) in [5.41, 5.74) is 2.73. The molecule has 0 radical (unpaired) electrons. The second kappa shape index (κ2) is 4.06. The zero-order chi connectivity index (χ0) is 12.5. The Bertz CT molecular complexity index is 688. The summed E-state index contributed by atoms with van der Waals surface area (Å²) in [5, 5.41) is 8.34. The lowest BCUT2D eigenvalue weighted by molar-refractivity contribution is 0.800.